The largest absolute Gasteiger partial charge is 0.392 e. The highest BCUT2D eigenvalue weighted by atomic mass is 35.5. The number of nitrogens with zero attached hydrogens (tertiary/aromatic N) is 1. The van der Waals surface area contributed by atoms with Crippen molar-refractivity contribution in [2.45, 2.75) is 25.4 Å². The van der Waals surface area contributed by atoms with E-state index in [2.05, 4.69) is 10.5 Å². The first-order valence-electron chi connectivity index (χ1n) is 8.08. The molecule has 0 radical (unpaired) electrons. The van der Waals surface area contributed by atoms with Crippen molar-refractivity contribution >= 4 is 40.5 Å². The molecule has 2 aromatic rings. The van der Waals surface area contributed by atoms with Crippen LogP contribution in [0.5, 0.6) is 0 Å². The van der Waals surface area contributed by atoms with E-state index >= 15 is 0 Å². The summed E-state index contributed by atoms with van der Waals surface area (Å²) >= 11 is 11.9. The van der Waals surface area contributed by atoms with Crippen LogP contribution in [0.4, 0.5) is 5.69 Å². The van der Waals surface area contributed by atoms with Gasteiger partial charge in [0.25, 0.3) is 0 Å². The molecule has 1 atom stereocenters. The van der Waals surface area contributed by atoms with E-state index in [4.69, 9.17) is 28.0 Å². The van der Waals surface area contributed by atoms with Crippen molar-refractivity contribution in [3.8, 4) is 0 Å². The average Bonchev–Trinajstić information content (AvgIpc) is 2.99. The third kappa shape index (κ3) is 4.36. The molecule has 2 aromatic carbocycles. The molecular weight excluding hydrogens is 375 g/mol. The number of aliphatic hydroxyl groups excluding tert-OH is 1. The molecule has 0 saturated heterocycles. The van der Waals surface area contributed by atoms with Gasteiger partial charge in [-0.25, -0.2) is 0 Å². The first-order valence-corrected chi connectivity index (χ1v) is 8.84. The highest BCUT2D eigenvalue weighted by molar-refractivity contribution is 6.35. The van der Waals surface area contributed by atoms with E-state index in [1.54, 1.807) is 18.2 Å². The zero-order chi connectivity index (χ0) is 18.7. The predicted molar refractivity (Wildman–Crippen MR) is 103 cm³/mol. The molecule has 7 heteroatoms. The second-order valence-electron chi connectivity index (χ2n) is 6.40. The Hall–Kier alpha value is -2.08. The van der Waals surface area contributed by atoms with Gasteiger partial charge in [0.1, 0.15) is 0 Å². The van der Waals surface area contributed by atoms with Crippen LogP contribution in [0.15, 0.2) is 47.6 Å². The number of carbonyl (C=O) groups excluding carboxylic acids is 1. The van der Waals surface area contributed by atoms with E-state index in [-0.39, 0.29) is 18.9 Å². The van der Waals surface area contributed by atoms with E-state index in [1.807, 2.05) is 31.2 Å². The lowest BCUT2D eigenvalue weighted by Gasteiger charge is -2.23. The molecule has 0 spiro atoms. The van der Waals surface area contributed by atoms with Gasteiger partial charge in [-0.2, -0.15) is 0 Å². The van der Waals surface area contributed by atoms with Crippen LogP contribution in [0.25, 0.3) is 0 Å². The third-order valence-electron chi connectivity index (χ3n) is 4.14. The fourth-order valence-electron chi connectivity index (χ4n) is 2.78. The van der Waals surface area contributed by atoms with Gasteiger partial charge >= 0.3 is 0 Å². The molecule has 3 rings (SSSR count). The molecule has 2 N–H and O–H groups in total. The molecule has 0 fully saturated rings. The molecule has 1 unspecified atom stereocenters. The van der Waals surface area contributed by atoms with Gasteiger partial charge in [0, 0.05) is 22.2 Å². The van der Waals surface area contributed by atoms with E-state index in [0.717, 1.165) is 11.1 Å². The Morgan fingerprint density at radius 1 is 1.23 bits per heavy atom. The van der Waals surface area contributed by atoms with Crippen LogP contribution in [-0.4, -0.2) is 28.9 Å². The lowest BCUT2D eigenvalue weighted by Crippen LogP contribution is -2.38. The lowest BCUT2D eigenvalue weighted by molar-refractivity contribution is -0.126. The van der Waals surface area contributed by atoms with Gasteiger partial charge < -0.3 is 15.3 Å². The fourth-order valence-corrected chi connectivity index (χ4v) is 3.31. The summed E-state index contributed by atoms with van der Waals surface area (Å²) in [5, 5.41) is 17.5. The standard InChI is InChI=1S/C19H18Cl2N2O3/c1-12-2-4-13(5-3-12)17-9-19(11-24,26-23-17)10-18(25)22-16-7-14(20)6-15(21)8-16/h2-8,24H,9-11H2,1H3,(H,22,25). The minimum atomic E-state index is -1.08. The van der Waals surface area contributed by atoms with Crippen molar-refractivity contribution in [2.75, 3.05) is 11.9 Å². The van der Waals surface area contributed by atoms with Crippen molar-refractivity contribution < 1.29 is 14.7 Å². The summed E-state index contributed by atoms with van der Waals surface area (Å²) in [5.74, 6) is -0.322. The molecule has 0 aliphatic carbocycles. The van der Waals surface area contributed by atoms with Gasteiger partial charge in [0.05, 0.1) is 18.7 Å². The molecule has 1 aliphatic rings. The number of carbonyl (C=O) groups is 1. The average molecular weight is 393 g/mol. The number of hydrogen-bond acceptors (Lipinski definition) is 4. The Bertz CT molecular complexity index is 832. The van der Waals surface area contributed by atoms with Crippen LogP contribution in [0.3, 0.4) is 0 Å². The van der Waals surface area contributed by atoms with Gasteiger partial charge in [-0.3, -0.25) is 4.79 Å². The minimum Gasteiger partial charge on any atom is -0.392 e. The van der Waals surface area contributed by atoms with Gasteiger partial charge in [0.2, 0.25) is 5.91 Å². The maximum absolute atomic E-state index is 12.4. The monoisotopic (exact) mass is 392 g/mol. The quantitative estimate of drug-likeness (QED) is 0.801. The molecule has 136 valence electrons. The Morgan fingerprint density at radius 2 is 1.88 bits per heavy atom. The number of halogens is 2. The molecule has 0 bridgehead atoms. The number of amides is 1. The van der Waals surface area contributed by atoms with Crippen molar-refractivity contribution in [1.29, 1.82) is 0 Å². The van der Waals surface area contributed by atoms with Gasteiger partial charge in [0.15, 0.2) is 5.60 Å². The third-order valence-corrected chi connectivity index (χ3v) is 4.58. The van der Waals surface area contributed by atoms with Crippen LogP contribution in [0, 0.1) is 6.92 Å². The highest BCUT2D eigenvalue weighted by Gasteiger charge is 2.41. The van der Waals surface area contributed by atoms with E-state index in [0.29, 0.717) is 27.9 Å². The lowest BCUT2D eigenvalue weighted by atomic mass is 9.91. The van der Waals surface area contributed by atoms with Crippen molar-refractivity contribution in [3.63, 3.8) is 0 Å². The molecule has 1 heterocycles. The summed E-state index contributed by atoms with van der Waals surface area (Å²) in [5.41, 5.74) is 2.16. The summed E-state index contributed by atoms with van der Waals surface area (Å²) < 4.78 is 0. The van der Waals surface area contributed by atoms with E-state index < -0.39 is 5.60 Å². The smallest absolute Gasteiger partial charge is 0.228 e. The molecule has 1 aliphatic heterocycles. The van der Waals surface area contributed by atoms with Crippen LogP contribution in [0.1, 0.15) is 24.0 Å². The van der Waals surface area contributed by atoms with E-state index in [9.17, 15) is 9.90 Å². The summed E-state index contributed by atoms with van der Waals surface area (Å²) in [6, 6.07) is 12.6. The summed E-state index contributed by atoms with van der Waals surface area (Å²) in [6.45, 7) is 1.68. The zero-order valence-corrected chi connectivity index (χ0v) is 15.6. The van der Waals surface area contributed by atoms with Crippen molar-refractivity contribution in [2.24, 2.45) is 5.16 Å². The number of hydrogen-bond donors (Lipinski definition) is 2. The second kappa shape index (κ2) is 7.66. The number of nitrogens with one attached hydrogen (secondary N) is 1. The Kier molecular flexibility index (Phi) is 5.51. The normalized spacial score (nSPS) is 19.0. The first kappa shape index (κ1) is 18.7. The summed E-state index contributed by atoms with van der Waals surface area (Å²) in [7, 11) is 0. The SMILES string of the molecule is Cc1ccc(C2=NOC(CO)(CC(=O)Nc3cc(Cl)cc(Cl)c3)C2)cc1. The molecule has 1 amide bonds. The Balaban J connectivity index is 1.67. The van der Waals surface area contributed by atoms with Crippen LogP contribution < -0.4 is 5.32 Å². The Morgan fingerprint density at radius 3 is 2.50 bits per heavy atom. The number of benzene rings is 2. The van der Waals surface area contributed by atoms with Crippen molar-refractivity contribution in [3.05, 3.63) is 63.6 Å². The summed E-state index contributed by atoms with van der Waals surface area (Å²) in [6.07, 6.45) is 0.294. The maximum Gasteiger partial charge on any atom is 0.228 e. The molecule has 0 aromatic heterocycles. The highest BCUT2D eigenvalue weighted by Crippen LogP contribution is 2.31. The summed E-state index contributed by atoms with van der Waals surface area (Å²) in [4.78, 5) is 17.9. The van der Waals surface area contributed by atoms with Crippen LogP contribution in [-0.2, 0) is 9.63 Å². The number of anilines is 1. The number of oxime groups is 1. The van der Waals surface area contributed by atoms with E-state index in [1.165, 1.54) is 0 Å². The van der Waals surface area contributed by atoms with Gasteiger partial charge in [-0.05, 0) is 30.7 Å². The van der Waals surface area contributed by atoms with Gasteiger partial charge in [-0.15, -0.1) is 0 Å². The molecular formula is C19H18Cl2N2O3. The fraction of sp³-hybridized carbons (Fsp3) is 0.263. The van der Waals surface area contributed by atoms with Crippen molar-refractivity contribution in [1.82, 2.24) is 0 Å². The molecule has 0 saturated carbocycles. The maximum atomic E-state index is 12.4. The zero-order valence-electron chi connectivity index (χ0n) is 14.1. The second-order valence-corrected chi connectivity index (χ2v) is 7.27. The van der Waals surface area contributed by atoms with Crippen LogP contribution in [0.2, 0.25) is 10.0 Å². The topological polar surface area (TPSA) is 70.9 Å². The molecule has 5 nitrogen and oxygen atoms in total. The minimum absolute atomic E-state index is 0.0491. The first-order chi connectivity index (χ1) is 12.4. The van der Waals surface area contributed by atoms with Crippen LogP contribution >= 0.6 is 23.2 Å². The van der Waals surface area contributed by atoms with Gasteiger partial charge in [-0.1, -0.05) is 58.2 Å². The predicted octanol–water partition coefficient (Wildman–Crippen LogP) is 4.19. The number of rotatable bonds is 5. The number of aryl methyl sites for hydroxylation is 1. The Labute approximate surface area is 161 Å². The number of aliphatic hydroxyl groups is 1. The molecule has 26 heavy (non-hydrogen) atoms.